The van der Waals surface area contributed by atoms with Crippen molar-refractivity contribution in [3.8, 4) is 5.75 Å². The van der Waals surface area contributed by atoms with Gasteiger partial charge in [-0.05, 0) is 31.5 Å². The lowest BCUT2D eigenvalue weighted by Gasteiger charge is -2.11. The Hall–Kier alpha value is -1.20. The SMILES string of the molecule is CCOC(CCSc1cccc(OC)c1)C(=O)O. The van der Waals surface area contributed by atoms with Crippen LogP contribution in [0.15, 0.2) is 29.2 Å². The summed E-state index contributed by atoms with van der Waals surface area (Å²) in [5.41, 5.74) is 0. The molecule has 1 aromatic rings. The standard InChI is InChI=1S/C13H18O4S/c1-3-17-12(13(14)15)7-8-18-11-6-4-5-10(9-11)16-2/h4-6,9,12H,3,7-8H2,1-2H3,(H,14,15). The van der Waals surface area contributed by atoms with Gasteiger partial charge in [-0.3, -0.25) is 0 Å². The highest BCUT2D eigenvalue weighted by atomic mass is 32.2. The van der Waals surface area contributed by atoms with Crippen molar-refractivity contribution in [3.05, 3.63) is 24.3 Å². The predicted octanol–water partition coefficient (Wildman–Crippen LogP) is 2.67. The number of thioether (sulfide) groups is 1. The molecule has 0 heterocycles. The molecule has 5 heteroatoms. The van der Waals surface area contributed by atoms with E-state index in [1.54, 1.807) is 25.8 Å². The van der Waals surface area contributed by atoms with Gasteiger partial charge in [0, 0.05) is 17.3 Å². The van der Waals surface area contributed by atoms with E-state index in [2.05, 4.69) is 0 Å². The van der Waals surface area contributed by atoms with E-state index < -0.39 is 12.1 Å². The second-order valence-electron chi connectivity index (χ2n) is 3.60. The molecule has 0 aliphatic carbocycles. The third-order valence-corrected chi connectivity index (χ3v) is 3.36. The van der Waals surface area contributed by atoms with E-state index in [9.17, 15) is 4.79 Å². The molecule has 0 aliphatic rings. The highest BCUT2D eigenvalue weighted by Crippen LogP contribution is 2.23. The molecular formula is C13H18O4S. The first kappa shape index (κ1) is 14.9. The number of hydrogen-bond donors (Lipinski definition) is 1. The summed E-state index contributed by atoms with van der Waals surface area (Å²) in [6.07, 6.45) is -0.224. The van der Waals surface area contributed by atoms with Crippen LogP contribution in [0.25, 0.3) is 0 Å². The summed E-state index contributed by atoms with van der Waals surface area (Å²) < 4.78 is 10.3. The van der Waals surface area contributed by atoms with Crippen molar-refractivity contribution in [1.82, 2.24) is 0 Å². The Morgan fingerprint density at radius 3 is 2.89 bits per heavy atom. The maximum absolute atomic E-state index is 10.9. The van der Waals surface area contributed by atoms with Crippen molar-refractivity contribution in [1.29, 1.82) is 0 Å². The smallest absolute Gasteiger partial charge is 0.332 e. The van der Waals surface area contributed by atoms with E-state index in [1.165, 1.54) is 0 Å². The summed E-state index contributed by atoms with van der Waals surface area (Å²) in [5.74, 6) is 0.604. The third kappa shape index (κ3) is 4.98. The van der Waals surface area contributed by atoms with Crippen LogP contribution in [0.5, 0.6) is 5.75 Å². The van der Waals surface area contributed by atoms with Crippen molar-refractivity contribution in [2.45, 2.75) is 24.3 Å². The van der Waals surface area contributed by atoms with E-state index in [4.69, 9.17) is 14.6 Å². The molecule has 1 aromatic carbocycles. The Morgan fingerprint density at radius 2 is 2.28 bits per heavy atom. The number of carbonyl (C=O) groups is 1. The van der Waals surface area contributed by atoms with Crippen molar-refractivity contribution in [2.75, 3.05) is 19.5 Å². The Balaban J connectivity index is 2.42. The lowest BCUT2D eigenvalue weighted by atomic mass is 10.3. The van der Waals surface area contributed by atoms with Crippen molar-refractivity contribution in [2.24, 2.45) is 0 Å². The van der Waals surface area contributed by atoms with Gasteiger partial charge in [0.05, 0.1) is 7.11 Å². The minimum absolute atomic E-state index is 0.417. The normalized spacial score (nSPS) is 12.1. The van der Waals surface area contributed by atoms with E-state index in [1.807, 2.05) is 24.3 Å². The van der Waals surface area contributed by atoms with Crippen molar-refractivity contribution in [3.63, 3.8) is 0 Å². The van der Waals surface area contributed by atoms with Crippen LogP contribution < -0.4 is 4.74 Å². The Labute approximate surface area is 111 Å². The van der Waals surface area contributed by atoms with Crippen LogP contribution in [0.1, 0.15) is 13.3 Å². The number of rotatable bonds is 8. The molecule has 0 spiro atoms. The van der Waals surface area contributed by atoms with Crippen molar-refractivity contribution >= 4 is 17.7 Å². The first-order valence-corrected chi connectivity index (χ1v) is 6.77. The first-order valence-electron chi connectivity index (χ1n) is 5.78. The second kappa shape index (κ2) is 8.00. The Morgan fingerprint density at radius 1 is 1.50 bits per heavy atom. The maximum atomic E-state index is 10.9. The van der Waals surface area contributed by atoms with E-state index in [0.29, 0.717) is 18.8 Å². The highest BCUT2D eigenvalue weighted by Gasteiger charge is 2.16. The number of aliphatic carboxylic acids is 1. The molecule has 1 N–H and O–H groups in total. The number of ether oxygens (including phenoxy) is 2. The number of carboxylic acid groups (broad SMARTS) is 1. The molecule has 100 valence electrons. The summed E-state index contributed by atoms with van der Waals surface area (Å²) in [4.78, 5) is 11.9. The molecule has 0 aromatic heterocycles. The third-order valence-electron chi connectivity index (χ3n) is 2.33. The average Bonchev–Trinajstić information content (AvgIpc) is 2.38. The van der Waals surface area contributed by atoms with E-state index >= 15 is 0 Å². The molecule has 4 nitrogen and oxygen atoms in total. The molecule has 1 atom stereocenters. The molecule has 0 bridgehead atoms. The molecular weight excluding hydrogens is 252 g/mol. The molecule has 1 rings (SSSR count). The van der Waals surface area contributed by atoms with Crippen LogP contribution in [-0.4, -0.2) is 36.6 Å². The predicted molar refractivity (Wildman–Crippen MR) is 71.4 cm³/mol. The number of methoxy groups -OCH3 is 1. The topological polar surface area (TPSA) is 55.8 Å². The lowest BCUT2D eigenvalue weighted by Crippen LogP contribution is -2.24. The summed E-state index contributed by atoms with van der Waals surface area (Å²) in [6, 6.07) is 7.70. The first-order chi connectivity index (χ1) is 8.67. The van der Waals surface area contributed by atoms with Gasteiger partial charge in [-0.15, -0.1) is 11.8 Å². The van der Waals surface area contributed by atoms with Gasteiger partial charge < -0.3 is 14.6 Å². The number of hydrogen-bond acceptors (Lipinski definition) is 4. The highest BCUT2D eigenvalue weighted by molar-refractivity contribution is 7.99. The van der Waals surface area contributed by atoms with Crippen LogP contribution >= 0.6 is 11.8 Å². The fourth-order valence-corrected chi connectivity index (χ4v) is 2.40. The van der Waals surface area contributed by atoms with Gasteiger partial charge in [-0.1, -0.05) is 6.07 Å². The number of carboxylic acids is 1. The van der Waals surface area contributed by atoms with Gasteiger partial charge in [0.2, 0.25) is 0 Å². The average molecular weight is 270 g/mol. The van der Waals surface area contributed by atoms with Gasteiger partial charge in [-0.2, -0.15) is 0 Å². The van der Waals surface area contributed by atoms with Gasteiger partial charge in [0.25, 0.3) is 0 Å². The molecule has 0 fully saturated rings. The van der Waals surface area contributed by atoms with E-state index in [0.717, 1.165) is 10.6 Å². The Bertz CT molecular complexity index is 381. The summed E-state index contributed by atoms with van der Waals surface area (Å²) in [7, 11) is 1.62. The second-order valence-corrected chi connectivity index (χ2v) is 4.77. The number of benzene rings is 1. The minimum atomic E-state index is -0.900. The van der Waals surface area contributed by atoms with Gasteiger partial charge in [-0.25, -0.2) is 4.79 Å². The monoisotopic (exact) mass is 270 g/mol. The van der Waals surface area contributed by atoms with Crippen LogP contribution in [0.4, 0.5) is 0 Å². The lowest BCUT2D eigenvalue weighted by molar-refractivity contribution is -0.150. The summed E-state index contributed by atoms with van der Waals surface area (Å²) >= 11 is 1.60. The van der Waals surface area contributed by atoms with Crippen LogP contribution in [0.3, 0.4) is 0 Å². The van der Waals surface area contributed by atoms with Crippen molar-refractivity contribution < 1.29 is 19.4 Å². The molecule has 0 saturated carbocycles. The molecule has 0 aliphatic heterocycles. The van der Waals surface area contributed by atoms with Crippen LogP contribution in [0.2, 0.25) is 0 Å². The largest absolute Gasteiger partial charge is 0.497 e. The van der Waals surface area contributed by atoms with Gasteiger partial charge >= 0.3 is 5.97 Å². The zero-order valence-electron chi connectivity index (χ0n) is 10.6. The molecule has 0 radical (unpaired) electrons. The quantitative estimate of drug-likeness (QED) is 0.736. The van der Waals surface area contributed by atoms with Crippen LogP contribution in [-0.2, 0) is 9.53 Å². The van der Waals surface area contributed by atoms with Gasteiger partial charge in [0.15, 0.2) is 6.10 Å². The fraction of sp³-hybridized carbons (Fsp3) is 0.462. The van der Waals surface area contributed by atoms with Crippen LogP contribution in [0, 0.1) is 0 Å². The zero-order valence-corrected chi connectivity index (χ0v) is 11.4. The Kier molecular flexibility index (Phi) is 6.60. The fourth-order valence-electron chi connectivity index (χ4n) is 1.45. The minimum Gasteiger partial charge on any atom is -0.497 e. The molecule has 0 saturated heterocycles. The molecule has 0 amide bonds. The summed E-state index contributed by atoms with van der Waals surface area (Å²) in [6.45, 7) is 2.21. The summed E-state index contributed by atoms with van der Waals surface area (Å²) in [5, 5.41) is 8.93. The molecule has 18 heavy (non-hydrogen) atoms. The zero-order chi connectivity index (χ0) is 13.4. The maximum Gasteiger partial charge on any atom is 0.332 e. The molecule has 1 unspecified atom stereocenters. The van der Waals surface area contributed by atoms with Gasteiger partial charge in [0.1, 0.15) is 5.75 Å². The van der Waals surface area contributed by atoms with E-state index in [-0.39, 0.29) is 0 Å².